The maximum absolute atomic E-state index is 12.0. The number of para-hydroxylation sites is 3. The number of carbonyl (C=O) groups is 1. The quantitative estimate of drug-likeness (QED) is 0.452. The van der Waals surface area contributed by atoms with E-state index >= 15 is 0 Å². The van der Waals surface area contributed by atoms with Crippen molar-refractivity contribution in [3.8, 4) is 5.75 Å². The summed E-state index contributed by atoms with van der Waals surface area (Å²) >= 11 is 0. The molecule has 0 spiro atoms. The largest absolute Gasteiger partial charge is 0.484 e. The molecule has 0 unspecified atom stereocenters. The van der Waals surface area contributed by atoms with Crippen molar-refractivity contribution in [3.63, 3.8) is 0 Å². The number of imidazole rings is 1. The fourth-order valence-electron chi connectivity index (χ4n) is 3.45. The molecule has 0 aliphatic heterocycles. The molecule has 0 bridgehead atoms. The van der Waals surface area contributed by atoms with Crippen LogP contribution >= 0.6 is 0 Å². The van der Waals surface area contributed by atoms with Crippen LogP contribution in [0.15, 0.2) is 54.6 Å². The number of aromatic nitrogens is 2. The van der Waals surface area contributed by atoms with Crippen LogP contribution < -0.4 is 10.1 Å². The fraction of sp³-hybridized carbons (Fsp3) is 0.417. The van der Waals surface area contributed by atoms with Gasteiger partial charge in [0.15, 0.2) is 6.61 Å². The molecule has 0 aliphatic rings. The first-order valence-electron chi connectivity index (χ1n) is 10.7. The summed E-state index contributed by atoms with van der Waals surface area (Å²) in [4.78, 5) is 16.8. The summed E-state index contributed by atoms with van der Waals surface area (Å²) in [6.45, 7) is 3.90. The van der Waals surface area contributed by atoms with Crippen LogP contribution in [0, 0.1) is 0 Å². The summed E-state index contributed by atoms with van der Waals surface area (Å²) in [7, 11) is 0. The number of ether oxygens (including phenoxy) is 1. The standard InChI is InChI=1S/C24H31N3O2/c1-2-3-4-10-18-27-22-15-9-8-14-21(22)26-23(27)16-11-17-25-24(28)19-29-20-12-6-5-7-13-20/h5-9,12-15H,2-4,10-11,16-19H2,1H3,(H,25,28). The normalized spacial score (nSPS) is 10.9. The Bertz CT molecular complexity index is 890. The number of rotatable bonds is 12. The predicted molar refractivity (Wildman–Crippen MR) is 117 cm³/mol. The smallest absolute Gasteiger partial charge is 0.257 e. The van der Waals surface area contributed by atoms with Gasteiger partial charge in [0.05, 0.1) is 11.0 Å². The third-order valence-electron chi connectivity index (χ3n) is 4.98. The molecule has 154 valence electrons. The van der Waals surface area contributed by atoms with Crippen molar-refractivity contribution in [3.05, 3.63) is 60.4 Å². The average molecular weight is 394 g/mol. The lowest BCUT2D eigenvalue weighted by Gasteiger charge is -2.10. The van der Waals surface area contributed by atoms with E-state index in [0.717, 1.165) is 30.7 Å². The molecule has 1 heterocycles. The van der Waals surface area contributed by atoms with E-state index in [1.165, 1.54) is 31.2 Å². The van der Waals surface area contributed by atoms with Crippen molar-refractivity contribution < 1.29 is 9.53 Å². The zero-order valence-electron chi connectivity index (χ0n) is 17.3. The molecule has 5 heteroatoms. The lowest BCUT2D eigenvalue weighted by Crippen LogP contribution is -2.30. The number of carbonyl (C=O) groups excluding carboxylic acids is 1. The van der Waals surface area contributed by atoms with Crippen LogP contribution in [0.4, 0.5) is 0 Å². The molecule has 0 radical (unpaired) electrons. The third kappa shape index (κ3) is 6.34. The molecule has 0 saturated heterocycles. The van der Waals surface area contributed by atoms with Gasteiger partial charge in [0.1, 0.15) is 11.6 Å². The Morgan fingerprint density at radius 1 is 1.00 bits per heavy atom. The van der Waals surface area contributed by atoms with E-state index in [1.54, 1.807) is 0 Å². The Balaban J connectivity index is 1.47. The number of fused-ring (bicyclic) bond motifs is 1. The van der Waals surface area contributed by atoms with Gasteiger partial charge < -0.3 is 14.6 Å². The summed E-state index contributed by atoms with van der Waals surface area (Å²) in [6.07, 6.45) is 6.65. The highest BCUT2D eigenvalue weighted by molar-refractivity contribution is 5.77. The van der Waals surface area contributed by atoms with E-state index in [4.69, 9.17) is 9.72 Å². The summed E-state index contributed by atoms with van der Waals surface area (Å²) in [5.41, 5.74) is 2.26. The second kappa shape index (κ2) is 11.2. The number of aryl methyl sites for hydroxylation is 2. The van der Waals surface area contributed by atoms with Gasteiger partial charge in [-0.25, -0.2) is 4.98 Å². The molecular weight excluding hydrogens is 362 g/mol. The lowest BCUT2D eigenvalue weighted by molar-refractivity contribution is -0.123. The SMILES string of the molecule is CCCCCCn1c(CCCNC(=O)COc2ccccc2)nc2ccccc21. The maximum Gasteiger partial charge on any atom is 0.257 e. The fourth-order valence-corrected chi connectivity index (χ4v) is 3.45. The third-order valence-corrected chi connectivity index (χ3v) is 4.98. The molecule has 3 rings (SSSR count). The summed E-state index contributed by atoms with van der Waals surface area (Å²) in [5.74, 6) is 1.72. The van der Waals surface area contributed by atoms with Gasteiger partial charge >= 0.3 is 0 Å². The van der Waals surface area contributed by atoms with Crippen molar-refractivity contribution in [2.75, 3.05) is 13.2 Å². The van der Waals surface area contributed by atoms with Gasteiger partial charge in [0.2, 0.25) is 0 Å². The lowest BCUT2D eigenvalue weighted by atomic mass is 10.2. The minimum atomic E-state index is -0.0954. The zero-order chi connectivity index (χ0) is 20.3. The molecule has 2 aromatic carbocycles. The van der Waals surface area contributed by atoms with Gasteiger partial charge in [0.25, 0.3) is 5.91 Å². The second-order valence-electron chi connectivity index (χ2n) is 7.28. The molecule has 0 aliphatic carbocycles. The van der Waals surface area contributed by atoms with Gasteiger partial charge in [-0.2, -0.15) is 0 Å². The number of nitrogens with one attached hydrogen (secondary N) is 1. The van der Waals surface area contributed by atoms with E-state index in [-0.39, 0.29) is 12.5 Å². The van der Waals surface area contributed by atoms with Gasteiger partial charge in [-0.05, 0) is 37.1 Å². The Hall–Kier alpha value is -2.82. The van der Waals surface area contributed by atoms with E-state index in [0.29, 0.717) is 12.3 Å². The molecule has 5 nitrogen and oxygen atoms in total. The summed E-state index contributed by atoms with van der Waals surface area (Å²) < 4.78 is 7.83. The number of hydrogen-bond donors (Lipinski definition) is 1. The van der Waals surface area contributed by atoms with Crippen LogP contribution in [0.5, 0.6) is 5.75 Å². The molecule has 0 atom stereocenters. The average Bonchev–Trinajstić information content (AvgIpc) is 3.11. The molecule has 0 fully saturated rings. The summed E-state index contributed by atoms with van der Waals surface area (Å²) in [6, 6.07) is 17.7. The minimum absolute atomic E-state index is 0.0416. The van der Waals surface area contributed by atoms with Gasteiger partial charge in [-0.3, -0.25) is 4.79 Å². The first-order chi connectivity index (χ1) is 14.3. The number of nitrogens with zero attached hydrogens (tertiary/aromatic N) is 2. The van der Waals surface area contributed by atoms with E-state index in [2.05, 4.69) is 35.0 Å². The number of hydrogen-bond acceptors (Lipinski definition) is 3. The van der Waals surface area contributed by atoms with Crippen LogP contribution in [0.25, 0.3) is 11.0 Å². The highest BCUT2D eigenvalue weighted by atomic mass is 16.5. The molecule has 3 aromatic rings. The first kappa shape index (κ1) is 20.9. The molecule has 29 heavy (non-hydrogen) atoms. The van der Waals surface area contributed by atoms with E-state index < -0.39 is 0 Å². The summed E-state index contributed by atoms with van der Waals surface area (Å²) in [5, 5.41) is 2.94. The highest BCUT2D eigenvalue weighted by Crippen LogP contribution is 2.18. The Morgan fingerprint density at radius 2 is 1.79 bits per heavy atom. The van der Waals surface area contributed by atoms with Crippen LogP contribution in [0.2, 0.25) is 0 Å². The van der Waals surface area contributed by atoms with Gasteiger partial charge in [0, 0.05) is 19.5 Å². The van der Waals surface area contributed by atoms with E-state index in [1.807, 2.05) is 36.4 Å². The maximum atomic E-state index is 12.0. The van der Waals surface area contributed by atoms with Crippen molar-refractivity contribution in [1.82, 2.24) is 14.9 Å². The van der Waals surface area contributed by atoms with Crippen molar-refractivity contribution >= 4 is 16.9 Å². The molecular formula is C24H31N3O2. The van der Waals surface area contributed by atoms with Crippen LogP contribution in [-0.2, 0) is 17.8 Å². The Morgan fingerprint density at radius 3 is 2.62 bits per heavy atom. The van der Waals surface area contributed by atoms with Gasteiger partial charge in [-0.15, -0.1) is 0 Å². The molecule has 1 amide bonds. The molecule has 1 aromatic heterocycles. The number of benzene rings is 2. The first-order valence-corrected chi connectivity index (χ1v) is 10.7. The monoisotopic (exact) mass is 393 g/mol. The number of amides is 1. The van der Waals surface area contributed by atoms with Crippen LogP contribution in [0.3, 0.4) is 0 Å². The van der Waals surface area contributed by atoms with Crippen molar-refractivity contribution in [2.45, 2.75) is 52.0 Å². The minimum Gasteiger partial charge on any atom is -0.484 e. The van der Waals surface area contributed by atoms with Gasteiger partial charge in [-0.1, -0.05) is 56.5 Å². The van der Waals surface area contributed by atoms with Crippen molar-refractivity contribution in [2.24, 2.45) is 0 Å². The van der Waals surface area contributed by atoms with Crippen LogP contribution in [-0.4, -0.2) is 28.6 Å². The molecule has 0 saturated carbocycles. The van der Waals surface area contributed by atoms with E-state index in [9.17, 15) is 4.79 Å². The Kier molecular flexibility index (Phi) is 8.11. The highest BCUT2D eigenvalue weighted by Gasteiger charge is 2.10. The second-order valence-corrected chi connectivity index (χ2v) is 7.28. The molecule has 1 N–H and O–H groups in total. The van der Waals surface area contributed by atoms with Crippen LogP contribution in [0.1, 0.15) is 44.9 Å². The predicted octanol–water partition coefficient (Wildman–Crippen LogP) is 4.74. The number of unbranched alkanes of at least 4 members (excludes halogenated alkanes) is 3. The Labute approximate surface area is 173 Å². The zero-order valence-corrected chi connectivity index (χ0v) is 17.3. The van der Waals surface area contributed by atoms with Crippen molar-refractivity contribution in [1.29, 1.82) is 0 Å². The topological polar surface area (TPSA) is 56.2 Å².